The van der Waals surface area contributed by atoms with Gasteiger partial charge < -0.3 is 4.84 Å². The topological polar surface area (TPSA) is 51.0 Å². The summed E-state index contributed by atoms with van der Waals surface area (Å²) in [5, 5.41) is 6.78. The van der Waals surface area contributed by atoms with Crippen LogP contribution in [0.5, 0.6) is 0 Å². The molecule has 1 aromatic carbocycles. The maximum absolute atomic E-state index is 10.2. The van der Waals surface area contributed by atoms with Gasteiger partial charge in [-0.25, -0.2) is 0 Å². The molecular weight excluding hydrogens is 180 g/mol. The fourth-order valence-electron chi connectivity index (χ4n) is 1.39. The van der Waals surface area contributed by atoms with Crippen LogP contribution in [0.2, 0.25) is 0 Å². The van der Waals surface area contributed by atoms with Gasteiger partial charge >= 0.3 is 0 Å². The second-order valence-electron chi connectivity index (χ2n) is 3.30. The van der Waals surface area contributed by atoms with Gasteiger partial charge in [-0.05, 0) is 29.8 Å². The Morgan fingerprint density at radius 3 is 2.64 bits per heavy atom. The van der Waals surface area contributed by atoms with Crippen LogP contribution in [0.15, 0.2) is 34.6 Å². The molecule has 0 amide bonds. The van der Waals surface area contributed by atoms with Crippen molar-refractivity contribution >= 4 is 11.4 Å². The van der Waals surface area contributed by atoms with E-state index in [1.165, 1.54) is 0 Å². The van der Waals surface area contributed by atoms with E-state index in [0.717, 1.165) is 17.7 Å². The number of benzene rings is 1. The van der Waals surface area contributed by atoms with Gasteiger partial charge in [0.2, 0.25) is 0 Å². The number of nitroso groups, excluding NO2 is 1. The van der Waals surface area contributed by atoms with E-state index in [0.29, 0.717) is 5.69 Å². The van der Waals surface area contributed by atoms with Crippen molar-refractivity contribution in [2.24, 2.45) is 10.3 Å². The van der Waals surface area contributed by atoms with Crippen molar-refractivity contribution in [1.29, 1.82) is 0 Å². The number of hydrogen-bond acceptors (Lipinski definition) is 4. The predicted octanol–water partition coefficient (Wildman–Crippen LogP) is 2.60. The summed E-state index contributed by atoms with van der Waals surface area (Å²) in [6, 6.07) is 7.01. The molecule has 0 aliphatic carbocycles. The van der Waals surface area contributed by atoms with Gasteiger partial charge in [0.05, 0.1) is 5.71 Å². The molecule has 0 saturated carbocycles. The quantitative estimate of drug-likeness (QED) is 0.673. The molecule has 0 bridgehead atoms. The molecule has 1 aliphatic heterocycles. The summed E-state index contributed by atoms with van der Waals surface area (Å²) < 4.78 is 0. The van der Waals surface area contributed by atoms with E-state index < -0.39 is 0 Å². The highest BCUT2D eigenvalue weighted by atomic mass is 16.6. The highest BCUT2D eigenvalue weighted by Crippen LogP contribution is 2.18. The molecule has 1 heterocycles. The summed E-state index contributed by atoms with van der Waals surface area (Å²) in [4.78, 5) is 15.3. The van der Waals surface area contributed by atoms with Gasteiger partial charge in [-0.3, -0.25) is 0 Å². The number of rotatable bonds is 2. The Balaban J connectivity index is 2.21. The normalized spacial score (nSPS) is 20.1. The second kappa shape index (κ2) is 3.57. The molecule has 4 heteroatoms. The Morgan fingerprint density at radius 1 is 1.43 bits per heavy atom. The average molecular weight is 190 g/mol. The van der Waals surface area contributed by atoms with Gasteiger partial charge in [-0.15, -0.1) is 4.91 Å². The third kappa shape index (κ3) is 1.64. The van der Waals surface area contributed by atoms with Crippen LogP contribution in [0, 0.1) is 4.91 Å². The third-order valence-corrected chi connectivity index (χ3v) is 2.13. The molecule has 1 atom stereocenters. The molecule has 14 heavy (non-hydrogen) atoms. The zero-order chi connectivity index (χ0) is 9.97. The highest BCUT2D eigenvalue weighted by Gasteiger charge is 2.17. The van der Waals surface area contributed by atoms with E-state index in [2.05, 4.69) is 10.3 Å². The van der Waals surface area contributed by atoms with E-state index in [1.54, 1.807) is 12.1 Å². The average Bonchev–Trinajstić information content (AvgIpc) is 2.65. The molecule has 0 radical (unpaired) electrons. The molecule has 0 spiro atoms. The van der Waals surface area contributed by atoms with Gasteiger partial charge in [0.15, 0.2) is 0 Å². The molecule has 1 unspecified atom stereocenters. The first-order valence-electron chi connectivity index (χ1n) is 4.46. The van der Waals surface area contributed by atoms with Crippen molar-refractivity contribution in [2.75, 3.05) is 0 Å². The van der Waals surface area contributed by atoms with Crippen LogP contribution in [0.25, 0.3) is 0 Å². The van der Waals surface area contributed by atoms with Crippen molar-refractivity contribution < 1.29 is 4.84 Å². The molecule has 72 valence electrons. The summed E-state index contributed by atoms with van der Waals surface area (Å²) in [5.74, 6) is 0. The van der Waals surface area contributed by atoms with E-state index in [1.807, 2.05) is 19.1 Å². The standard InChI is InChI=1S/C10H10N2O2/c1-7-6-10(12-14-7)8-2-4-9(11-13)5-3-8/h2-5,7H,6H2,1H3. The van der Waals surface area contributed by atoms with Crippen LogP contribution in [0.3, 0.4) is 0 Å². The minimum Gasteiger partial charge on any atom is -0.392 e. The Bertz CT molecular complexity index is 370. The lowest BCUT2D eigenvalue weighted by Crippen LogP contribution is -2.02. The van der Waals surface area contributed by atoms with E-state index >= 15 is 0 Å². The number of oxime groups is 1. The maximum Gasteiger partial charge on any atom is 0.130 e. The number of hydrogen-bond donors (Lipinski definition) is 0. The van der Waals surface area contributed by atoms with Crippen LogP contribution in [-0.4, -0.2) is 11.8 Å². The zero-order valence-corrected chi connectivity index (χ0v) is 7.80. The van der Waals surface area contributed by atoms with Gasteiger partial charge in [0.1, 0.15) is 11.8 Å². The van der Waals surface area contributed by atoms with Crippen molar-refractivity contribution in [3.63, 3.8) is 0 Å². The Hall–Kier alpha value is -1.71. The van der Waals surface area contributed by atoms with Crippen LogP contribution >= 0.6 is 0 Å². The minimum absolute atomic E-state index is 0.147. The van der Waals surface area contributed by atoms with E-state index in [4.69, 9.17) is 4.84 Å². The molecule has 0 aromatic heterocycles. The first-order valence-corrected chi connectivity index (χ1v) is 4.46. The fraction of sp³-hybridized carbons (Fsp3) is 0.300. The Labute approximate surface area is 81.5 Å². The maximum atomic E-state index is 10.2. The van der Waals surface area contributed by atoms with Crippen LogP contribution in [0.4, 0.5) is 5.69 Å². The Morgan fingerprint density at radius 2 is 2.14 bits per heavy atom. The van der Waals surface area contributed by atoms with Gasteiger partial charge in [-0.1, -0.05) is 17.3 Å². The van der Waals surface area contributed by atoms with Gasteiger partial charge in [0, 0.05) is 6.42 Å². The Kier molecular flexibility index (Phi) is 2.26. The lowest BCUT2D eigenvalue weighted by Gasteiger charge is -1.98. The van der Waals surface area contributed by atoms with E-state index in [9.17, 15) is 4.91 Å². The first-order chi connectivity index (χ1) is 6.79. The van der Waals surface area contributed by atoms with Crippen LogP contribution < -0.4 is 0 Å². The highest BCUT2D eigenvalue weighted by molar-refractivity contribution is 6.01. The van der Waals surface area contributed by atoms with E-state index in [-0.39, 0.29) is 6.10 Å². The molecule has 4 nitrogen and oxygen atoms in total. The van der Waals surface area contributed by atoms with Crippen molar-refractivity contribution in [2.45, 2.75) is 19.4 Å². The van der Waals surface area contributed by atoms with Crippen LogP contribution in [-0.2, 0) is 4.84 Å². The molecule has 0 fully saturated rings. The monoisotopic (exact) mass is 190 g/mol. The predicted molar refractivity (Wildman–Crippen MR) is 53.6 cm³/mol. The summed E-state index contributed by atoms with van der Waals surface area (Å²) in [6.07, 6.45) is 0.960. The summed E-state index contributed by atoms with van der Waals surface area (Å²) >= 11 is 0. The molecule has 0 saturated heterocycles. The van der Waals surface area contributed by atoms with Crippen molar-refractivity contribution in [1.82, 2.24) is 0 Å². The van der Waals surface area contributed by atoms with Crippen molar-refractivity contribution in [3.05, 3.63) is 34.7 Å². The first kappa shape index (κ1) is 8.87. The second-order valence-corrected chi connectivity index (χ2v) is 3.30. The molecule has 2 rings (SSSR count). The lowest BCUT2D eigenvalue weighted by molar-refractivity contribution is 0.0995. The smallest absolute Gasteiger partial charge is 0.130 e. The van der Waals surface area contributed by atoms with Crippen molar-refractivity contribution in [3.8, 4) is 0 Å². The van der Waals surface area contributed by atoms with Crippen LogP contribution in [0.1, 0.15) is 18.9 Å². The van der Waals surface area contributed by atoms with Gasteiger partial charge in [0.25, 0.3) is 0 Å². The third-order valence-electron chi connectivity index (χ3n) is 2.13. The SMILES string of the molecule is CC1CC(c2ccc(N=O)cc2)=NO1. The largest absolute Gasteiger partial charge is 0.392 e. The molecule has 1 aromatic rings. The minimum atomic E-state index is 0.147. The molecular formula is C10H10N2O2. The van der Waals surface area contributed by atoms with Gasteiger partial charge in [-0.2, -0.15) is 0 Å². The molecule has 1 aliphatic rings. The summed E-state index contributed by atoms with van der Waals surface area (Å²) in [6.45, 7) is 1.97. The number of nitrogens with zero attached hydrogens (tertiary/aromatic N) is 2. The molecule has 0 N–H and O–H groups in total. The zero-order valence-electron chi connectivity index (χ0n) is 7.80. The lowest BCUT2D eigenvalue weighted by atomic mass is 10.1. The summed E-state index contributed by atoms with van der Waals surface area (Å²) in [7, 11) is 0. The fourth-order valence-corrected chi connectivity index (χ4v) is 1.39. The summed E-state index contributed by atoms with van der Waals surface area (Å²) in [5.41, 5.74) is 2.35.